The van der Waals surface area contributed by atoms with Crippen LogP contribution in [0.1, 0.15) is 12.7 Å². The lowest BCUT2D eigenvalue weighted by molar-refractivity contribution is -0.113. The fraction of sp³-hybridized carbons (Fsp3) is 0.286. The monoisotopic (exact) mass is 333 g/mol. The first-order valence-electron chi connectivity index (χ1n) is 6.84. The van der Waals surface area contributed by atoms with Crippen molar-refractivity contribution in [3.63, 3.8) is 0 Å². The standard InChI is InChI=1S/C14H15N5OS2/c1-3-11-17-18-14(19(11)2)21-8-12(20)16-13-15-9-6-4-5-7-10(9)22-13/h4-7H,3,8H2,1-2H3,(H,15,16,20). The molecule has 0 aliphatic rings. The Hall–Kier alpha value is -1.93. The lowest BCUT2D eigenvalue weighted by atomic mass is 10.3. The van der Waals surface area contributed by atoms with Crippen LogP contribution in [0.5, 0.6) is 0 Å². The summed E-state index contributed by atoms with van der Waals surface area (Å²) in [5.41, 5.74) is 0.899. The minimum Gasteiger partial charge on any atom is -0.309 e. The maximum Gasteiger partial charge on any atom is 0.236 e. The molecule has 0 atom stereocenters. The Morgan fingerprint density at radius 3 is 2.91 bits per heavy atom. The van der Waals surface area contributed by atoms with Gasteiger partial charge < -0.3 is 9.88 Å². The highest BCUT2D eigenvalue weighted by atomic mass is 32.2. The molecule has 1 N–H and O–H groups in total. The number of para-hydroxylation sites is 1. The molecule has 0 unspecified atom stereocenters. The van der Waals surface area contributed by atoms with Crippen LogP contribution in [0.3, 0.4) is 0 Å². The second kappa shape index (κ2) is 6.45. The van der Waals surface area contributed by atoms with Gasteiger partial charge in [-0.2, -0.15) is 0 Å². The summed E-state index contributed by atoms with van der Waals surface area (Å²) in [7, 11) is 1.91. The highest BCUT2D eigenvalue weighted by Gasteiger charge is 2.12. The Bertz CT molecular complexity index is 778. The predicted molar refractivity (Wildman–Crippen MR) is 89.4 cm³/mol. The molecule has 3 aromatic rings. The van der Waals surface area contributed by atoms with Crippen molar-refractivity contribution < 1.29 is 4.79 Å². The topological polar surface area (TPSA) is 72.7 Å². The highest BCUT2D eigenvalue weighted by molar-refractivity contribution is 7.99. The van der Waals surface area contributed by atoms with Gasteiger partial charge in [0.1, 0.15) is 5.82 Å². The number of aromatic nitrogens is 4. The molecule has 0 bridgehead atoms. The summed E-state index contributed by atoms with van der Waals surface area (Å²) < 4.78 is 2.97. The summed E-state index contributed by atoms with van der Waals surface area (Å²) in [4.78, 5) is 16.4. The van der Waals surface area contributed by atoms with E-state index < -0.39 is 0 Å². The summed E-state index contributed by atoms with van der Waals surface area (Å²) in [5, 5.41) is 12.4. The number of benzene rings is 1. The van der Waals surface area contributed by atoms with E-state index in [1.165, 1.54) is 23.1 Å². The van der Waals surface area contributed by atoms with E-state index in [1.807, 2.05) is 42.8 Å². The number of carbonyl (C=O) groups is 1. The number of carbonyl (C=O) groups excluding carboxylic acids is 1. The van der Waals surface area contributed by atoms with Crippen molar-refractivity contribution in [2.75, 3.05) is 11.1 Å². The molecule has 0 fully saturated rings. The average molecular weight is 333 g/mol. The van der Waals surface area contributed by atoms with E-state index in [1.54, 1.807) is 0 Å². The van der Waals surface area contributed by atoms with Crippen molar-refractivity contribution in [1.82, 2.24) is 19.7 Å². The van der Waals surface area contributed by atoms with Crippen LogP contribution in [0.15, 0.2) is 29.4 Å². The van der Waals surface area contributed by atoms with Gasteiger partial charge in [0.15, 0.2) is 10.3 Å². The zero-order valence-corrected chi connectivity index (χ0v) is 13.9. The molecule has 3 rings (SSSR count). The number of hydrogen-bond donors (Lipinski definition) is 1. The molecule has 6 nitrogen and oxygen atoms in total. The van der Waals surface area contributed by atoms with Crippen molar-refractivity contribution in [3.05, 3.63) is 30.1 Å². The van der Waals surface area contributed by atoms with Gasteiger partial charge in [-0.05, 0) is 12.1 Å². The lowest BCUT2D eigenvalue weighted by Crippen LogP contribution is -2.14. The third kappa shape index (κ3) is 3.12. The van der Waals surface area contributed by atoms with Gasteiger partial charge in [-0.3, -0.25) is 4.79 Å². The SMILES string of the molecule is CCc1nnc(SCC(=O)Nc2nc3ccccc3s2)n1C. The molecular weight excluding hydrogens is 318 g/mol. The number of hydrogen-bond acceptors (Lipinski definition) is 6. The summed E-state index contributed by atoms with van der Waals surface area (Å²) in [6, 6.07) is 7.82. The average Bonchev–Trinajstić information content (AvgIpc) is 3.07. The van der Waals surface area contributed by atoms with Crippen LogP contribution < -0.4 is 5.32 Å². The largest absolute Gasteiger partial charge is 0.309 e. The fourth-order valence-electron chi connectivity index (χ4n) is 1.99. The summed E-state index contributed by atoms with van der Waals surface area (Å²) in [5.74, 6) is 1.10. The molecule has 1 aromatic carbocycles. The molecule has 0 spiro atoms. The van der Waals surface area contributed by atoms with Gasteiger partial charge in [0.2, 0.25) is 5.91 Å². The normalized spacial score (nSPS) is 11.0. The van der Waals surface area contributed by atoms with E-state index in [4.69, 9.17) is 0 Å². The lowest BCUT2D eigenvalue weighted by Gasteiger charge is -2.02. The quantitative estimate of drug-likeness (QED) is 0.727. The smallest absolute Gasteiger partial charge is 0.236 e. The van der Waals surface area contributed by atoms with Crippen LogP contribution in [0.25, 0.3) is 10.2 Å². The summed E-state index contributed by atoms with van der Waals surface area (Å²) >= 11 is 2.84. The van der Waals surface area contributed by atoms with Crippen molar-refractivity contribution >= 4 is 44.4 Å². The Labute approximate surface area is 136 Å². The Morgan fingerprint density at radius 2 is 2.18 bits per heavy atom. The number of rotatable bonds is 5. The highest BCUT2D eigenvalue weighted by Crippen LogP contribution is 2.25. The molecule has 114 valence electrons. The molecule has 0 aliphatic heterocycles. The van der Waals surface area contributed by atoms with Crippen LogP contribution in [-0.2, 0) is 18.3 Å². The molecule has 1 amide bonds. The van der Waals surface area contributed by atoms with E-state index in [0.29, 0.717) is 5.13 Å². The minimum atomic E-state index is -0.0925. The van der Waals surface area contributed by atoms with E-state index in [2.05, 4.69) is 20.5 Å². The first-order valence-corrected chi connectivity index (χ1v) is 8.64. The van der Waals surface area contributed by atoms with E-state index in [-0.39, 0.29) is 11.7 Å². The van der Waals surface area contributed by atoms with Crippen LogP contribution in [0.2, 0.25) is 0 Å². The van der Waals surface area contributed by atoms with Gasteiger partial charge in [0.05, 0.1) is 16.0 Å². The zero-order chi connectivity index (χ0) is 15.5. The van der Waals surface area contributed by atoms with E-state index in [9.17, 15) is 4.79 Å². The maximum atomic E-state index is 12.0. The van der Waals surface area contributed by atoms with E-state index >= 15 is 0 Å². The Morgan fingerprint density at radius 1 is 1.36 bits per heavy atom. The van der Waals surface area contributed by atoms with Gasteiger partial charge in [-0.1, -0.05) is 42.2 Å². The summed E-state index contributed by atoms with van der Waals surface area (Å²) in [6.07, 6.45) is 0.821. The van der Waals surface area contributed by atoms with Crippen molar-refractivity contribution in [2.24, 2.45) is 7.05 Å². The van der Waals surface area contributed by atoms with Crippen LogP contribution in [0.4, 0.5) is 5.13 Å². The fourth-order valence-corrected chi connectivity index (χ4v) is 3.60. The molecule has 0 radical (unpaired) electrons. The molecule has 0 saturated heterocycles. The van der Waals surface area contributed by atoms with Crippen LogP contribution in [0, 0.1) is 0 Å². The van der Waals surface area contributed by atoms with Gasteiger partial charge >= 0.3 is 0 Å². The van der Waals surface area contributed by atoms with Gasteiger partial charge in [-0.25, -0.2) is 4.98 Å². The Kier molecular flexibility index (Phi) is 4.39. The minimum absolute atomic E-state index is 0.0925. The predicted octanol–water partition coefficient (Wildman–Crippen LogP) is 2.72. The number of nitrogens with one attached hydrogen (secondary N) is 1. The molecule has 2 heterocycles. The Balaban J connectivity index is 1.61. The number of fused-ring (bicyclic) bond motifs is 1. The number of aryl methyl sites for hydroxylation is 1. The maximum absolute atomic E-state index is 12.0. The second-order valence-electron chi connectivity index (χ2n) is 4.63. The molecule has 0 saturated carbocycles. The number of nitrogens with zero attached hydrogens (tertiary/aromatic N) is 4. The second-order valence-corrected chi connectivity index (χ2v) is 6.61. The number of amides is 1. The van der Waals surface area contributed by atoms with Crippen molar-refractivity contribution in [3.8, 4) is 0 Å². The molecular formula is C14H15N5OS2. The van der Waals surface area contributed by atoms with Crippen molar-refractivity contribution in [1.29, 1.82) is 0 Å². The third-order valence-corrected chi connectivity index (χ3v) is 5.09. The molecule has 22 heavy (non-hydrogen) atoms. The number of thioether (sulfide) groups is 1. The van der Waals surface area contributed by atoms with E-state index in [0.717, 1.165) is 27.6 Å². The summed E-state index contributed by atoms with van der Waals surface area (Å²) in [6.45, 7) is 2.03. The number of anilines is 1. The van der Waals surface area contributed by atoms with Crippen LogP contribution in [-0.4, -0.2) is 31.4 Å². The first-order chi connectivity index (χ1) is 10.7. The molecule has 8 heteroatoms. The number of thiazole rings is 1. The first kappa shape index (κ1) is 15.0. The molecule has 2 aromatic heterocycles. The molecule has 0 aliphatic carbocycles. The van der Waals surface area contributed by atoms with Gasteiger partial charge in [0, 0.05) is 13.5 Å². The zero-order valence-electron chi connectivity index (χ0n) is 12.2. The van der Waals surface area contributed by atoms with Crippen LogP contribution >= 0.6 is 23.1 Å². The van der Waals surface area contributed by atoms with Gasteiger partial charge in [-0.15, -0.1) is 10.2 Å². The van der Waals surface area contributed by atoms with Crippen molar-refractivity contribution in [2.45, 2.75) is 18.5 Å². The third-order valence-electron chi connectivity index (χ3n) is 3.11. The van der Waals surface area contributed by atoms with Gasteiger partial charge in [0.25, 0.3) is 0 Å².